The fraction of sp³-hybridized carbons (Fsp3) is 0.154. The molecular formula is C52H46N2. The van der Waals surface area contributed by atoms with Gasteiger partial charge < -0.3 is 9.80 Å². The molecule has 8 aromatic rings. The molecule has 1 aliphatic rings. The summed E-state index contributed by atoms with van der Waals surface area (Å²) in [7, 11) is 0. The molecule has 2 nitrogen and oxygen atoms in total. The van der Waals surface area contributed by atoms with Crippen molar-refractivity contribution in [2.75, 3.05) is 9.80 Å². The van der Waals surface area contributed by atoms with Crippen LogP contribution in [0.1, 0.15) is 61.8 Å². The molecule has 0 aromatic heterocycles. The molecule has 8 aromatic carbocycles. The van der Waals surface area contributed by atoms with Crippen LogP contribution in [0.15, 0.2) is 158 Å². The van der Waals surface area contributed by atoms with E-state index in [1.54, 1.807) is 0 Å². The maximum Gasteiger partial charge on any atom is 0.0493 e. The summed E-state index contributed by atoms with van der Waals surface area (Å²) in [5, 5.41) is 5.02. The number of aryl methyl sites for hydroxylation is 2. The van der Waals surface area contributed by atoms with Crippen molar-refractivity contribution in [3.05, 3.63) is 180 Å². The lowest BCUT2D eigenvalue weighted by Gasteiger charge is -2.30. The molecule has 0 saturated carbocycles. The van der Waals surface area contributed by atoms with Crippen LogP contribution >= 0.6 is 0 Å². The van der Waals surface area contributed by atoms with Gasteiger partial charge in [-0.1, -0.05) is 100 Å². The summed E-state index contributed by atoms with van der Waals surface area (Å²) < 4.78 is 0. The molecule has 0 saturated heterocycles. The summed E-state index contributed by atoms with van der Waals surface area (Å²) in [4.78, 5) is 4.83. The highest BCUT2D eigenvalue weighted by Gasteiger charge is 2.25. The topological polar surface area (TPSA) is 6.48 Å². The van der Waals surface area contributed by atoms with Crippen molar-refractivity contribution < 1.29 is 0 Å². The van der Waals surface area contributed by atoms with Gasteiger partial charge in [-0.25, -0.2) is 0 Å². The first kappa shape index (κ1) is 33.7. The Morgan fingerprint density at radius 3 is 1.07 bits per heavy atom. The van der Waals surface area contributed by atoms with E-state index < -0.39 is 0 Å². The fourth-order valence-electron chi connectivity index (χ4n) is 8.14. The third-order valence-electron chi connectivity index (χ3n) is 11.3. The second-order valence-electron chi connectivity index (χ2n) is 15.6. The average Bonchev–Trinajstić information content (AvgIpc) is 3.19. The third-order valence-corrected chi connectivity index (χ3v) is 11.3. The molecule has 264 valence electrons. The van der Waals surface area contributed by atoms with E-state index in [1.165, 1.54) is 88.8 Å². The summed E-state index contributed by atoms with van der Waals surface area (Å²) in [6.45, 7) is 13.5. The van der Waals surface area contributed by atoms with Crippen LogP contribution in [0.5, 0.6) is 0 Å². The van der Waals surface area contributed by atoms with Crippen LogP contribution in [0, 0.1) is 13.8 Å². The Kier molecular flexibility index (Phi) is 8.35. The van der Waals surface area contributed by atoms with Gasteiger partial charge in [0.25, 0.3) is 0 Å². The van der Waals surface area contributed by atoms with Gasteiger partial charge in [0.2, 0.25) is 0 Å². The zero-order valence-corrected chi connectivity index (χ0v) is 32.1. The van der Waals surface area contributed by atoms with E-state index in [9.17, 15) is 0 Å². The van der Waals surface area contributed by atoms with Crippen molar-refractivity contribution >= 4 is 55.7 Å². The maximum atomic E-state index is 2.42. The van der Waals surface area contributed by atoms with E-state index in [2.05, 4.69) is 209 Å². The monoisotopic (exact) mass is 698 g/mol. The minimum Gasteiger partial charge on any atom is -0.310 e. The van der Waals surface area contributed by atoms with Gasteiger partial charge in [0, 0.05) is 34.1 Å². The van der Waals surface area contributed by atoms with Gasteiger partial charge in [-0.15, -0.1) is 0 Å². The van der Waals surface area contributed by atoms with E-state index in [4.69, 9.17) is 0 Å². The van der Waals surface area contributed by atoms with Gasteiger partial charge in [0.05, 0.1) is 0 Å². The van der Waals surface area contributed by atoms with E-state index in [-0.39, 0.29) is 0 Å². The summed E-state index contributed by atoms with van der Waals surface area (Å²) in [5.74, 6) is 0.905. The molecule has 0 N–H and O–H groups in total. The molecule has 0 radical (unpaired) electrons. The first-order valence-corrected chi connectivity index (χ1v) is 19.3. The summed E-state index contributed by atoms with van der Waals surface area (Å²) in [6, 6.07) is 58.8. The lowest BCUT2D eigenvalue weighted by atomic mass is 9.78. The molecule has 0 fully saturated rings. The quantitative estimate of drug-likeness (QED) is 0.156. The molecule has 2 heteroatoms. The molecule has 54 heavy (non-hydrogen) atoms. The number of hydrogen-bond donors (Lipinski definition) is 0. The number of nitrogens with zero attached hydrogens (tertiary/aromatic N) is 2. The summed E-state index contributed by atoms with van der Waals surface area (Å²) in [5.41, 5.74) is 17.6. The van der Waals surface area contributed by atoms with E-state index >= 15 is 0 Å². The smallest absolute Gasteiger partial charge is 0.0493 e. The molecule has 0 heterocycles. The SMILES string of the molecule is Cc1ccc(C(C)C)cc1N(c1ccccc1)c1ccc2cc3c(cc2c1)-c1cc2ccc(N(c4ccccc4)c4cc(C(C)C)ccc4C)cc2cc1-3. The van der Waals surface area contributed by atoms with E-state index in [0.717, 1.165) is 11.4 Å². The van der Waals surface area contributed by atoms with Crippen molar-refractivity contribution in [1.29, 1.82) is 0 Å². The Bertz CT molecular complexity index is 2490. The molecule has 9 rings (SSSR count). The van der Waals surface area contributed by atoms with Crippen molar-refractivity contribution in [3.8, 4) is 22.3 Å². The van der Waals surface area contributed by atoms with Crippen LogP contribution in [-0.2, 0) is 0 Å². The van der Waals surface area contributed by atoms with Gasteiger partial charge in [0.15, 0.2) is 0 Å². The van der Waals surface area contributed by atoms with Gasteiger partial charge in [-0.3, -0.25) is 0 Å². The molecule has 0 bridgehead atoms. The lowest BCUT2D eigenvalue weighted by molar-refractivity contribution is 0.865. The second kappa shape index (κ2) is 13.4. The Morgan fingerprint density at radius 1 is 0.333 bits per heavy atom. The van der Waals surface area contributed by atoms with Crippen LogP contribution in [0.4, 0.5) is 34.1 Å². The van der Waals surface area contributed by atoms with Gasteiger partial charge in [-0.05, 0) is 177 Å². The zero-order valence-electron chi connectivity index (χ0n) is 32.1. The standard InChI is InChI=1S/C52H46N2/c1-33(2)37-19-17-35(5)51(31-37)53(43-13-9-7-10-14-43)45-23-21-39-27-47-49(29-41(39)25-45)48-28-40-22-24-46(26-42(40)30-50(47)48)54(44-15-11-8-12-16-44)52-32-38(34(3)4)20-18-36(52)6/h7-34H,1-6H3. The Balaban J connectivity index is 1.12. The highest BCUT2D eigenvalue weighted by Crippen LogP contribution is 2.51. The lowest BCUT2D eigenvalue weighted by Crippen LogP contribution is -2.12. The predicted octanol–water partition coefficient (Wildman–Crippen LogP) is 15.4. The summed E-state index contributed by atoms with van der Waals surface area (Å²) >= 11 is 0. The van der Waals surface area contributed by atoms with Crippen LogP contribution < -0.4 is 9.80 Å². The minimum absolute atomic E-state index is 0.453. The number of anilines is 6. The van der Waals surface area contributed by atoms with Crippen LogP contribution in [-0.4, -0.2) is 0 Å². The van der Waals surface area contributed by atoms with Crippen molar-refractivity contribution in [2.45, 2.75) is 53.4 Å². The molecule has 0 atom stereocenters. The molecule has 0 aliphatic heterocycles. The second-order valence-corrected chi connectivity index (χ2v) is 15.6. The molecule has 0 amide bonds. The van der Waals surface area contributed by atoms with Gasteiger partial charge in [0.1, 0.15) is 0 Å². The number of hydrogen-bond acceptors (Lipinski definition) is 2. The van der Waals surface area contributed by atoms with Gasteiger partial charge in [-0.2, -0.15) is 0 Å². The van der Waals surface area contributed by atoms with Crippen LogP contribution in [0.2, 0.25) is 0 Å². The number of para-hydroxylation sites is 2. The Hall–Kier alpha value is -6.12. The van der Waals surface area contributed by atoms with Crippen LogP contribution in [0.25, 0.3) is 43.8 Å². The number of rotatable bonds is 8. The fourth-order valence-corrected chi connectivity index (χ4v) is 8.14. The summed E-state index contributed by atoms with van der Waals surface area (Å²) in [6.07, 6.45) is 0. The van der Waals surface area contributed by atoms with Gasteiger partial charge >= 0.3 is 0 Å². The maximum absolute atomic E-state index is 2.42. The normalized spacial score (nSPS) is 11.9. The predicted molar refractivity (Wildman–Crippen MR) is 233 cm³/mol. The van der Waals surface area contributed by atoms with E-state index in [0.29, 0.717) is 11.8 Å². The van der Waals surface area contributed by atoms with Crippen molar-refractivity contribution in [3.63, 3.8) is 0 Å². The molecule has 0 unspecified atom stereocenters. The minimum atomic E-state index is 0.453. The van der Waals surface area contributed by atoms with Crippen LogP contribution in [0.3, 0.4) is 0 Å². The first-order valence-electron chi connectivity index (χ1n) is 19.3. The zero-order chi connectivity index (χ0) is 37.1. The van der Waals surface area contributed by atoms with E-state index in [1.807, 2.05) is 0 Å². The largest absolute Gasteiger partial charge is 0.310 e. The number of fused-ring (bicyclic) bond motifs is 6. The highest BCUT2D eigenvalue weighted by atomic mass is 15.1. The average molecular weight is 699 g/mol. The molecule has 1 aliphatic carbocycles. The van der Waals surface area contributed by atoms with Crippen molar-refractivity contribution in [2.24, 2.45) is 0 Å². The Morgan fingerprint density at radius 2 is 0.704 bits per heavy atom. The molecular weight excluding hydrogens is 653 g/mol. The van der Waals surface area contributed by atoms with Crippen molar-refractivity contribution in [1.82, 2.24) is 0 Å². The Labute approximate surface area is 320 Å². The highest BCUT2D eigenvalue weighted by molar-refractivity contribution is 6.12. The first-order chi connectivity index (χ1) is 26.2. The molecule has 0 spiro atoms. The third kappa shape index (κ3) is 5.83. The number of benzene rings is 8.